The van der Waals surface area contributed by atoms with Crippen molar-refractivity contribution in [3.05, 3.63) is 24.3 Å². The highest BCUT2D eigenvalue weighted by Gasteiger charge is 2.18. The van der Waals surface area contributed by atoms with Crippen molar-refractivity contribution in [2.75, 3.05) is 6.61 Å². The quantitative estimate of drug-likeness (QED) is 0.0420. The van der Waals surface area contributed by atoms with E-state index in [0.717, 1.165) is 25.7 Å². The zero-order chi connectivity index (χ0) is 54.1. The average Bonchev–Trinajstić information content (AvgIpc) is 3.41. The number of hydrogen-bond donors (Lipinski definition) is 3. The number of aliphatic hydroxyl groups excluding tert-OH is 2. The van der Waals surface area contributed by atoms with Crippen LogP contribution in [0.5, 0.6) is 0 Å². The summed E-state index contributed by atoms with van der Waals surface area (Å²) in [5.74, 6) is -0.0546. The Morgan fingerprint density at radius 1 is 0.307 bits per heavy atom. The molecule has 0 aromatic heterocycles. The molecule has 0 aromatic carbocycles. The zero-order valence-electron chi connectivity index (χ0n) is 51.6. The summed E-state index contributed by atoms with van der Waals surface area (Å²) in [5.41, 5.74) is 0. The summed E-state index contributed by atoms with van der Waals surface area (Å²) in [6, 6.07) is -0.621. The minimum atomic E-state index is -0.839. The van der Waals surface area contributed by atoms with Gasteiger partial charge < -0.3 is 15.5 Å². The molecule has 0 radical (unpaired) electrons. The summed E-state index contributed by atoms with van der Waals surface area (Å²) < 4.78 is 0. The Bertz CT molecular complexity index is 1100. The lowest BCUT2D eigenvalue weighted by Crippen LogP contribution is -2.45. The largest absolute Gasteiger partial charge is 0.394 e. The molecule has 0 heterocycles. The van der Waals surface area contributed by atoms with Gasteiger partial charge in [-0.2, -0.15) is 0 Å². The van der Waals surface area contributed by atoms with E-state index in [2.05, 4.69) is 31.3 Å². The van der Waals surface area contributed by atoms with Crippen LogP contribution in [0.3, 0.4) is 0 Å². The molecule has 2 unspecified atom stereocenters. The second-order valence-electron chi connectivity index (χ2n) is 24.3. The van der Waals surface area contributed by atoms with Gasteiger partial charge in [0.25, 0.3) is 0 Å². The van der Waals surface area contributed by atoms with E-state index in [4.69, 9.17) is 0 Å². The van der Waals surface area contributed by atoms with Crippen LogP contribution in [0, 0.1) is 0 Å². The first-order valence-electron chi connectivity index (χ1n) is 35.1. The Morgan fingerprint density at radius 2 is 0.507 bits per heavy atom. The molecule has 0 aliphatic carbocycles. The third-order valence-corrected chi connectivity index (χ3v) is 16.7. The van der Waals surface area contributed by atoms with Crippen LogP contribution >= 0.6 is 0 Å². The molecular formula is C71H139NO3. The van der Waals surface area contributed by atoms with E-state index in [9.17, 15) is 15.0 Å². The van der Waals surface area contributed by atoms with E-state index in [1.54, 1.807) is 6.08 Å². The van der Waals surface area contributed by atoms with Crippen molar-refractivity contribution in [3.8, 4) is 0 Å². The Hall–Kier alpha value is -1.13. The molecule has 1 amide bonds. The van der Waals surface area contributed by atoms with Gasteiger partial charge in [0, 0.05) is 6.42 Å². The molecule has 0 aliphatic heterocycles. The molecule has 0 spiro atoms. The molecule has 3 N–H and O–H groups in total. The third kappa shape index (κ3) is 63.6. The van der Waals surface area contributed by atoms with Crippen LogP contribution in [0.4, 0.5) is 0 Å². The summed E-state index contributed by atoms with van der Waals surface area (Å²) in [6.07, 6.45) is 91.3. The van der Waals surface area contributed by atoms with Gasteiger partial charge in [0.1, 0.15) is 0 Å². The van der Waals surface area contributed by atoms with Crippen LogP contribution in [-0.4, -0.2) is 34.9 Å². The number of aliphatic hydroxyl groups is 2. The molecule has 0 saturated carbocycles. The number of hydrogen-bond acceptors (Lipinski definition) is 3. The maximum Gasteiger partial charge on any atom is 0.220 e. The highest BCUT2D eigenvalue weighted by molar-refractivity contribution is 5.76. The van der Waals surface area contributed by atoms with Crippen molar-refractivity contribution in [2.24, 2.45) is 0 Å². The van der Waals surface area contributed by atoms with Crippen LogP contribution in [0.2, 0.25) is 0 Å². The van der Waals surface area contributed by atoms with Crippen molar-refractivity contribution in [1.82, 2.24) is 5.32 Å². The Kier molecular flexibility index (Phi) is 66.1. The molecule has 2 atom stereocenters. The van der Waals surface area contributed by atoms with Gasteiger partial charge in [-0.1, -0.05) is 378 Å². The van der Waals surface area contributed by atoms with E-state index in [1.165, 1.54) is 360 Å². The molecule has 0 fully saturated rings. The molecule has 446 valence electrons. The Balaban J connectivity index is 3.41. The van der Waals surface area contributed by atoms with Crippen LogP contribution in [0.15, 0.2) is 24.3 Å². The van der Waals surface area contributed by atoms with Crippen molar-refractivity contribution in [3.63, 3.8) is 0 Å². The number of rotatable bonds is 66. The topological polar surface area (TPSA) is 69.6 Å². The van der Waals surface area contributed by atoms with Crippen LogP contribution in [0.25, 0.3) is 0 Å². The van der Waals surface area contributed by atoms with Crippen molar-refractivity contribution in [1.29, 1.82) is 0 Å². The van der Waals surface area contributed by atoms with Crippen molar-refractivity contribution in [2.45, 2.75) is 418 Å². The van der Waals surface area contributed by atoms with Gasteiger partial charge in [-0.3, -0.25) is 4.79 Å². The lowest BCUT2D eigenvalue weighted by molar-refractivity contribution is -0.123. The van der Waals surface area contributed by atoms with Crippen LogP contribution < -0.4 is 5.32 Å². The summed E-state index contributed by atoms with van der Waals surface area (Å²) in [6.45, 7) is 4.36. The number of amides is 1. The van der Waals surface area contributed by atoms with E-state index in [0.29, 0.717) is 6.42 Å². The van der Waals surface area contributed by atoms with E-state index < -0.39 is 12.1 Å². The van der Waals surface area contributed by atoms with E-state index in [1.807, 2.05) is 6.08 Å². The van der Waals surface area contributed by atoms with Gasteiger partial charge in [0.05, 0.1) is 18.8 Å². The number of nitrogens with one attached hydrogen (secondary N) is 1. The first-order valence-corrected chi connectivity index (χ1v) is 35.1. The van der Waals surface area contributed by atoms with Crippen molar-refractivity contribution >= 4 is 5.91 Å². The highest BCUT2D eigenvalue weighted by atomic mass is 16.3. The first-order chi connectivity index (χ1) is 37.2. The Labute approximate surface area is 472 Å². The zero-order valence-corrected chi connectivity index (χ0v) is 51.6. The van der Waals surface area contributed by atoms with Gasteiger partial charge in [0.2, 0.25) is 5.91 Å². The fourth-order valence-electron chi connectivity index (χ4n) is 11.4. The normalized spacial score (nSPS) is 12.7. The second kappa shape index (κ2) is 67.1. The standard InChI is InChI=1S/C71H139NO3/c1-3-5-7-9-11-13-15-17-19-21-23-25-27-29-31-33-35-37-38-40-42-44-46-48-50-52-54-56-58-60-62-64-66-70(74)69(68-73)72-71(75)67-65-63-61-59-57-55-53-51-49-47-45-43-41-39-36-34-32-30-28-26-24-22-20-18-16-14-12-10-8-6-4-2/h22,24,64,66,69-70,73-74H,3-21,23,25-63,65,67-68H2,1-2H3,(H,72,75)/b24-22-,66-64+. The maximum absolute atomic E-state index is 12.5. The third-order valence-electron chi connectivity index (χ3n) is 16.7. The molecule has 0 aliphatic rings. The number of unbranched alkanes of at least 4 members (excludes halogenated alkanes) is 57. The van der Waals surface area contributed by atoms with Gasteiger partial charge in [-0.05, 0) is 44.9 Å². The van der Waals surface area contributed by atoms with E-state index in [-0.39, 0.29) is 12.5 Å². The first kappa shape index (κ1) is 73.9. The average molecular weight is 1050 g/mol. The van der Waals surface area contributed by atoms with Gasteiger partial charge in [-0.15, -0.1) is 0 Å². The van der Waals surface area contributed by atoms with Crippen LogP contribution in [-0.2, 0) is 4.79 Å². The molecule has 0 saturated heterocycles. The van der Waals surface area contributed by atoms with Gasteiger partial charge >= 0.3 is 0 Å². The summed E-state index contributed by atoms with van der Waals surface area (Å²) >= 11 is 0. The lowest BCUT2D eigenvalue weighted by atomic mass is 10.0. The van der Waals surface area contributed by atoms with E-state index >= 15 is 0 Å². The molecule has 4 heteroatoms. The maximum atomic E-state index is 12.5. The highest BCUT2D eigenvalue weighted by Crippen LogP contribution is 2.19. The summed E-state index contributed by atoms with van der Waals surface area (Å²) in [7, 11) is 0. The number of carbonyl (C=O) groups excluding carboxylic acids is 1. The van der Waals surface area contributed by atoms with Gasteiger partial charge in [-0.25, -0.2) is 0 Å². The molecule has 0 rings (SSSR count). The molecular weight excluding hydrogens is 915 g/mol. The minimum Gasteiger partial charge on any atom is -0.394 e. The SMILES string of the molecule is CCCCCCCCCC/C=C\CCCCCCCCCCCCCCCCCCCCCC(=O)NC(CO)C(O)/C=C/CCCCCCCCCCCCCCCCCCCCCCCCCCCCCCCC. The Morgan fingerprint density at radius 3 is 0.733 bits per heavy atom. The molecule has 0 bridgehead atoms. The second-order valence-corrected chi connectivity index (χ2v) is 24.3. The van der Waals surface area contributed by atoms with Crippen LogP contribution in [0.1, 0.15) is 406 Å². The molecule has 4 nitrogen and oxygen atoms in total. The fraction of sp³-hybridized carbons (Fsp3) is 0.930. The number of allylic oxidation sites excluding steroid dienone is 3. The summed E-state index contributed by atoms with van der Waals surface area (Å²) in [4.78, 5) is 12.5. The van der Waals surface area contributed by atoms with Gasteiger partial charge in [0.15, 0.2) is 0 Å². The lowest BCUT2D eigenvalue weighted by Gasteiger charge is -2.20. The molecule has 75 heavy (non-hydrogen) atoms. The summed E-state index contributed by atoms with van der Waals surface area (Å²) in [5, 5.41) is 23.3. The smallest absolute Gasteiger partial charge is 0.220 e. The monoisotopic (exact) mass is 1050 g/mol. The van der Waals surface area contributed by atoms with Crippen molar-refractivity contribution < 1.29 is 15.0 Å². The fourth-order valence-corrected chi connectivity index (χ4v) is 11.4. The number of carbonyl (C=O) groups is 1. The predicted molar refractivity (Wildman–Crippen MR) is 336 cm³/mol. The minimum absolute atomic E-state index is 0.0546. The predicted octanol–water partition coefficient (Wildman–Crippen LogP) is 23.8. The molecule has 0 aromatic rings.